The fourth-order valence-electron chi connectivity index (χ4n) is 3.06. The summed E-state index contributed by atoms with van der Waals surface area (Å²) in [5.41, 5.74) is 1.14. The predicted octanol–water partition coefficient (Wildman–Crippen LogP) is 1.62. The Bertz CT molecular complexity index is 501. The maximum absolute atomic E-state index is 12.6. The lowest BCUT2D eigenvalue weighted by Gasteiger charge is -2.37. The zero-order valence-corrected chi connectivity index (χ0v) is 12.9. The molecule has 1 amide bonds. The van der Waals surface area contributed by atoms with Gasteiger partial charge in [0.15, 0.2) is 0 Å². The van der Waals surface area contributed by atoms with Crippen molar-refractivity contribution in [3.63, 3.8) is 0 Å². The first-order valence-corrected chi connectivity index (χ1v) is 8.09. The molecule has 1 aromatic carbocycles. The lowest BCUT2D eigenvalue weighted by molar-refractivity contribution is -0.138. The van der Waals surface area contributed by atoms with E-state index in [2.05, 4.69) is 4.90 Å². The third kappa shape index (κ3) is 3.33. The zero-order valence-electron chi connectivity index (χ0n) is 12.1. The fraction of sp³-hybridized carbons (Fsp3) is 0.562. The Morgan fingerprint density at radius 3 is 2.76 bits per heavy atom. The van der Waals surface area contributed by atoms with E-state index in [-0.39, 0.29) is 11.8 Å². The number of para-hydroxylation sites is 1. The highest BCUT2D eigenvalue weighted by Gasteiger charge is 2.30. The number of hydrogen-bond donors (Lipinski definition) is 0. The van der Waals surface area contributed by atoms with Gasteiger partial charge >= 0.3 is 0 Å². The number of carbonyl (C=O) groups excluding carboxylic acids is 1. The zero-order chi connectivity index (χ0) is 14.7. The predicted molar refractivity (Wildman–Crippen MR) is 82.9 cm³/mol. The highest BCUT2D eigenvalue weighted by atomic mass is 35.5. The van der Waals surface area contributed by atoms with Crippen LogP contribution in [-0.4, -0.2) is 60.9 Å². The number of benzene rings is 1. The average molecular weight is 309 g/mol. The fourth-order valence-corrected chi connectivity index (χ4v) is 3.30. The standard InChI is InChI=1S/C16H21ClN2O2/c17-5-6-18-7-9-19(10-8-18)16(20)14-11-13-3-1-2-4-15(13)21-12-14/h1-4,14H,5-12H2. The highest BCUT2D eigenvalue weighted by Crippen LogP contribution is 2.27. The second-order valence-electron chi connectivity index (χ2n) is 5.68. The van der Waals surface area contributed by atoms with Gasteiger partial charge < -0.3 is 9.64 Å². The van der Waals surface area contributed by atoms with Crippen molar-refractivity contribution in [1.29, 1.82) is 0 Å². The molecule has 0 radical (unpaired) electrons. The van der Waals surface area contributed by atoms with E-state index in [9.17, 15) is 4.79 Å². The number of piperazine rings is 1. The second kappa shape index (κ2) is 6.67. The van der Waals surface area contributed by atoms with Gasteiger partial charge in [0, 0.05) is 38.6 Å². The topological polar surface area (TPSA) is 32.8 Å². The number of halogens is 1. The van der Waals surface area contributed by atoms with E-state index >= 15 is 0 Å². The van der Waals surface area contributed by atoms with Crippen LogP contribution in [0.4, 0.5) is 0 Å². The molecule has 1 fully saturated rings. The molecule has 2 heterocycles. The van der Waals surface area contributed by atoms with Crippen LogP contribution < -0.4 is 4.74 Å². The Hall–Kier alpha value is -1.26. The summed E-state index contributed by atoms with van der Waals surface area (Å²) in [7, 11) is 0. The van der Waals surface area contributed by atoms with Crippen molar-refractivity contribution in [1.82, 2.24) is 9.80 Å². The van der Waals surface area contributed by atoms with Gasteiger partial charge in [-0.1, -0.05) is 18.2 Å². The Morgan fingerprint density at radius 2 is 2.00 bits per heavy atom. The normalized spacial score (nSPS) is 22.5. The van der Waals surface area contributed by atoms with Crippen LogP contribution >= 0.6 is 11.6 Å². The molecule has 0 bridgehead atoms. The molecule has 0 spiro atoms. The Labute approximate surface area is 130 Å². The summed E-state index contributed by atoms with van der Waals surface area (Å²) in [6.07, 6.45) is 0.789. The third-order valence-electron chi connectivity index (χ3n) is 4.31. The SMILES string of the molecule is O=C(C1COc2ccccc2C1)N1CCN(CCCl)CC1. The molecule has 5 heteroatoms. The number of hydrogen-bond acceptors (Lipinski definition) is 3. The lowest BCUT2D eigenvalue weighted by Crippen LogP contribution is -2.51. The number of ether oxygens (including phenoxy) is 1. The molecule has 1 atom stereocenters. The maximum Gasteiger partial charge on any atom is 0.229 e. The van der Waals surface area contributed by atoms with Crippen molar-refractivity contribution in [2.24, 2.45) is 5.92 Å². The van der Waals surface area contributed by atoms with E-state index in [1.54, 1.807) is 0 Å². The summed E-state index contributed by atoms with van der Waals surface area (Å²) in [6, 6.07) is 7.99. The summed E-state index contributed by atoms with van der Waals surface area (Å²) in [6.45, 7) is 4.84. The van der Waals surface area contributed by atoms with Gasteiger partial charge in [-0.25, -0.2) is 0 Å². The summed E-state index contributed by atoms with van der Waals surface area (Å²) >= 11 is 5.76. The maximum atomic E-state index is 12.6. The summed E-state index contributed by atoms with van der Waals surface area (Å²) in [5, 5.41) is 0. The van der Waals surface area contributed by atoms with Gasteiger partial charge in [0.1, 0.15) is 12.4 Å². The number of amides is 1. The molecule has 21 heavy (non-hydrogen) atoms. The number of carbonyl (C=O) groups is 1. The van der Waals surface area contributed by atoms with Crippen LogP contribution in [0.5, 0.6) is 5.75 Å². The highest BCUT2D eigenvalue weighted by molar-refractivity contribution is 6.18. The van der Waals surface area contributed by atoms with E-state index < -0.39 is 0 Å². The summed E-state index contributed by atoms with van der Waals surface area (Å²) in [4.78, 5) is 16.9. The first-order valence-electron chi connectivity index (χ1n) is 7.56. The molecular formula is C16H21ClN2O2. The molecule has 3 rings (SSSR count). The molecule has 0 N–H and O–H groups in total. The van der Waals surface area contributed by atoms with Crippen LogP contribution in [0.15, 0.2) is 24.3 Å². The molecule has 1 saturated heterocycles. The van der Waals surface area contributed by atoms with Crippen LogP contribution in [0.3, 0.4) is 0 Å². The van der Waals surface area contributed by atoms with Gasteiger partial charge in [-0.05, 0) is 18.1 Å². The molecule has 2 aliphatic heterocycles. The molecule has 0 saturated carbocycles. The monoisotopic (exact) mass is 308 g/mol. The second-order valence-corrected chi connectivity index (χ2v) is 6.05. The minimum absolute atomic E-state index is 0.0422. The smallest absolute Gasteiger partial charge is 0.229 e. The van der Waals surface area contributed by atoms with Crippen molar-refractivity contribution in [3.05, 3.63) is 29.8 Å². The van der Waals surface area contributed by atoms with Gasteiger partial charge in [-0.3, -0.25) is 9.69 Å². The van der Waals surface area contributed by atoms with Crippen LogP contribution in [0.1, 0.15) is 5.56 Å². The number of rotatable bonds is 3. The molecule has 0 aromatic heterocycles. The average Bonchev–Trinajstić information content (AvgIpc) is 2.55. The Balaban J connectivity index is 1.57. The molecule has 114 valence electrons. The van der Waals surface area contributed by atoms with Crippen LogP contribution in [0.2, 0.25) is 0 Å². The molecule has 1 aromatic rings. The van der Waals surface area contributed by atoms with Crippen molar-refractivity contribution in [2.45, 2.75) is 6.42 Å². The van der Waals surface area contributed by atoms with Crippen LogP contribution in [-0.2, 0) is 11.2 Å². The quantitative estimate of drug-likeness (QED) is 0.796. The largest absolute Gasteiger partial charge is 0.492 e. The van der Waals surface area contributed by atoms with Crippen LogP contribution in [0, 0.1) is 5.92 Å². The summed E-state index contributed by atoms with van der Waals surface area (Å²) < 4.78 is 5.73. The Kier molecular flexibility index (Phi) is 4.66. The van der Waals surface area contributed by atoms with E-state index in [0.717, 1.165) is 50.5 Å². The van der Waals surface area contributed by atoms with Crippen molar-refractivity contribution < 1.29 is 9.53 Å². The van der Waals surface area contributed by atoms with E-state index in [1.165, 1.54) is 0 Å². The number of fused-ring (bicyclic) bond motifs is 1. The summed E-state index contributed by atoms with van der Waals surface area (Å²) in [5.74, 6) is 1.77. The molecule has 2 aliphatic rings. The lowest BCUT2D eigenvalue weighted by atomic mass is 9.95. The third-order valence-corrected chi connectivity index (χ3v) is 4.48. The van der Waals surface area contributed by atoms with Gasteiger partial charge in [-0.2, -0.15) is 0 Å². The molecular weight excluding hydrogens is 288 g/mol. The van der Waals surface area contributed by atoms with E-state index in [0.29, 0.717) is 12.5 Å². The molecule has 4 nitrogen and oxygen atoms in total. The number of alkyl halides is 1. The minimum atomic E-state index is -0.0422. The molecule has 1 unspecified atom stereocenters. The Morgan fingerprint density at radius 1 is 1.24 bits per heavy atom. The van der Waals surface area contributed by atoms with Gasteiger partial charge in [0.05, 0.1) is 5.92 Å². The van der Waals surface area contributed by atoms with Gasteiger partial charge in [-0.15, -0.1) is 11.6 Å². The van der Waals surface area contributed by atoms with Crippen LogP contribution in [0.25, 0.3) is 0 Å². The number of nitrogens with zero attached hydrogens (tertiary/aromatic N) is 2. The first-order chi connectivity index (χ1) is 10.3. The molecule has 0 aliphatic carbocycles. The van der Waals surface area contributed by atoms with Crippen molar-refractivity contribution in [3.8, 4) is 5.75 Å². The van der Waals surface area contributed by atoms with Crippen molar-refractivity contribution >= 4 is 17.5 Å². The first kappa shape index (κ1) is 14.7. The van der Waals surface area contributed by atoms with Crippen molar-refractivity contribution in [2.75, 3.05) is 45.2 Å². The van der Waals surface area contributed by atoms with Gasteiger partial charge in [0.2, 0.25) is 5.91 Å². The van der Waals surface area contributed by atoms with E-state index in [1.807, 2.05) is 29.2 Å². The van der Waals surface area contributed by atoms with Gasteiger partial charge in [0.25, 0.3) is 0 Å². The van der Waals surface area contributed by atoms with E-state index in [4.69, 9.17) is 16.3 Å². The minimum Gasteiger partial charge on any atom is -0.492 e.